The summed E-state index contributed by atoms with van der Waals surface area (Å²) >= 11 is 6.83. The van der Waals surface area contributed by atoms with E-state index in [2.05, 4.69) is 37.0 Å². The zero-order valence-corrected chi connectivity index (χ0v) is 13.8. The summed E-state index contributed by atoms with van der Waals surface area (Å²) < 4.78 is 8.64. The SMILES string of the molecule is Cn1nc(-c2ccoc2Br)c(-c2ccc(Br)cc2)c1N. The summed E-state index contributed by atoms with van der Waals surface area (Å²) in [5.41, 5.74) is 9.78. The average Bonchev–Trinajstić information content (AvgIpc) is 2.96. The second-order valence-corrected chi connectivity index (χ2v) is 5.98. The Kier molecular flexibility index (Phi) is 3.43. The first kappa shape index (κ1) is 13.5. The highest BCUT2D eigenvalue weighted by molar-refractivity contribution is 9.10. The Labute approximate surface area is 132 Å². The van der Waals surface area contributed by atoms with E-state index in [-0.39, 0.29) is 0 Å². The third kappa shape index (κ3) is 2.19. The molecule has 2 heterocycles. The van der Waals surface area contributed by atoms with Gasteiger partial charge in [-0.3, -0.25) is 4.68 Å². The number of halogens is 2. The number of hydrogen-bond donors (Lipinski definition) is 1. The molecule has 1 aromatic carbocycles. The van der Waals surface area contributed by atoms with Crippen molar-refractivity contribution in [1.29, 1.82) is 0 Å². The van der Waals surface area contributed by atoms with Gasteiger partial charge in [0.1, 0.15) is 11.5 Å². The van der Waals surface area contributed by atoms with Crippen LogP contribution in [0.3, 0.4) is 0 Å². The Balaban J connectivity index is 2.25. The predicted octanol–water partition coefficient (Wildman–Crippen LogP) is 4.45. The molecule has 0 spiro atoms. The van der Waals surface area contributed by atoms with E-state index >= 15 is 0 Å². The van der Waals surface area contributed by atoms with Gasteiger partial charge < -0.3 is 10.2 Å². The van der Waals surface area contributed by atoms with Gasteiger partial charge in [0, 0.05) is 11.5 Å². The molecule has 0 atom stereocenters. The van der Waals surface area contributed by atoms with Gasteiger partial charge in [-0.15, -0.1) is 0 Å². The lowest BCUT2D eigenvalue weighted by molar-refractivity contribution is 0.542. The maximum atomic E-state index is 6.17. The average molecular weight is 397 g/mol. The molecule has 2 aromatic heterocycles. The van der Waals surface area contributed by atoms with Crippen molar-refractivity contribution in [1.82, 2.24) is 9.78 Å². The molecule has 3 rings (SSSR count). The quantitative estimate of drug-likeness (QED) is 0.695. The van der Waals surface area contributed by atoms with E-state index in [1.165, 1.54) is 0 Å². The number of nitrogens with zero attached hydrogens (tertiary/aromatic N) is 2. The largest absolute Gasteiger partial charge is 0.457 e. The number of aromatic nitrogens is 2. The van der Waals surface area contributed by atoms with Crippen LogP contribution < -0.4 is 5.73 Å². The topological polar surface area (TPSA) is 57.0 Å². The zero-order valence-electron chi connectivity index (χ0n) is 10.6. The molecule has 0 saturated heterocycles. The molecule has 0 amide bonds. The van der Waals surface area contributed by atoms with Crippen LogP contribution in [0.15, 0.2) is 50.2 Å². The molecule has 0 aliphatic heterocycles. The van der Waals surface area contributed by atoms with E-state index in [9.17, 15) is 0 Å². The molecule has 2 N–H and O–H groups in total. The number of benzene rings is 1. The van der Waals surface area contributed by atoms with Crippen molar-refractivity contribution in [2.24, 2.45) is 7.05 Å². The van der Waals surface area contributed by atoms with Gasteiger partial charge in [-0.25, -0.2) is 0 Å². The molecule has 3 aromatic rings. The monoisotopic (exact) mass is 395 g/mol. The molecule has 0 aliphatic rings. The molecule has 0 bridgehead atoms. The predicted molar refractivity (Wildman–Crippen MR) is 86.2 cm³/mol. The maximum Gasteiger partial charge on any atom is 0.178 e. The Morgan fingerprint density at radius 2 is 1.85 bits per heavy atom. The highest BCUT2D eigenvalue weighted by atomic mass is 79.9. The Morgan fingerprint density at radius 1 is 1.15 bits per heavy atom. The lowest BCUT2D eigenvalue weighted by Gasteiger charge is -2.03. The number of hydrogen-bond acceptors (Lipinski definition) is 3. The molecule has 4 nitrogen and oxygen atoms in total. The second kappa shape index (κ2) is 5.10. The van der Waals surface area contributed by atoms with Crippen molar-refractivity contribution in [3.63, 3.8) is 0 Å². The maximum absolute atomic E-state index is 6.17. The van der Waals surface area contributed by atoms with Crippen LogP contribution in [-0.4, -0.2) is 9.78 Å². The standard InChI is InChI=1S/C14H11Br2N3O/c1-19-14(17)11(8-2-4-9(15)5-3-8)12(18-19)10-6-7-20-13(10)16/h2-7H,17H2,1H3. The van der Waals surface area contributed by atoms with Gasteiger partial charge in [-0.05, 0) is 39.7 Å². The van der Waals surface area contributed by atoms with Crippen molar-refractivity contribution in [2.75, 3.05) is 5.73 Å². The van der Waals surface area contributed by atoms with Gasteiger partial charge in [0.15, 0.2) is 4.67 Å². The van der Waals surface area contributed by atoms with E-state index < -0.39 is 0 Å². The molecule has 0 radical (unpaired) electrons. The number of nitrogen functional groups attached to an aromatic ring is 1. The third-order valence-corrected chi connectivity index (χ3v) is 4.24. The first-order chi connectivity index (χ1) is 9.58. The molecule has 0 saturated carbocycles. The van der Waals surface area contributed by atoms with Crippen molar-refractivity contribution < 1.29 is 4.42 Å². The molecule has 20 heavy (non-hydrogen) atoms. The first-order valence-corrected chi connectivity index (χ1v) is 7.48. The normalized spacial score (nSPS) is 10.9. The fourth-order valence-corrected chi connectivity index (χ4v) is 2.78. The molecule has 0 fully saturated rings. The van der Waals surface area contributed by atoms with Crippen molar-refractivity contribution >= 4 is 37.7 Å². The van der Waals surface area contributed by atoms with Crippen LogP contribution in [-0.2, 0) is 7.05 Å². The zero-order chi connectivity index (χ0) is 14.3. The van der Waals surface area contributed by atoms with Crippen LogP contribution in [0.25, 0.3) is 22.4 Å². The summed E-state index contributed by atoms with van der Waals surface area (Å²) in [4.78, 5) is 0. The van der Waals surface area contributed by atoms with Crippen LogP contribution in [0, 0.1) is 0 Å². The molecule has 0 unspecified atom stereocenters. The summed E-state index contributed by atoms with van der Waals surface area (Å²) in [7, 11) is 1.83. The van der Waals surface area contributed by atoms with Gasteiger partial charge in [0.05, 0.1) is 17.4 Å². The number of rotatable bonds is 2. The lowest BCUT2D eigenvalue weighted by Crippen LogP contribution is -1.97. The van der Waals surface area contributed by atoms with Crippen LogP contribution >= 0.6 is 31.9 Å². The molecular formula is C14H11Br2N3O. The van der Waals surface area contributed by atoms with E-state index in [1.54, 1.807) is 10.9 Å². The van der Waals surface area contributed by atoms with Gasteiger partial charge >= 0.3 is 0 Å². The molecular weight excluding hydrogens is 386 g/mol. The fraction of sp³-hybridized carbons (Fsp3) is 0.0714. The number of aryl methyl sites for hydroxylation is 1. The van der Waals surface area contributed by atoms with Crippen LogP contribution in [0.1, 0.15) is 0 Å². The number of anilines is 1. The van der Waals surface area contributed by atoms with Crippen molar-refractivity contribution in [3.8, 4) is 22.4 Å². The summed E-state index contributed by atoms with van der Waals surface area (Å²) in [6, 6.07) is 9.85. The fourth-order valence-electron chi connectivity index (χ4n) is 2.09. The highest BCUT2D eigenvalue weighted by Gasteiger charge is 2.20. The van der Waals surface area contributed by atoms with Crippen molar-refractivity contribution in [2.45, 2.75) is 0 Å². The highest BCUT2D eigenvalue weighted by Crippen LogP contribution is 2.39. The van der Waals surface area contributed by atoms with Crippen LogP contribution in [0.2, 0.25) is 0 Å². The Bertz CT molecular complexity index is 759. The minimum atomic E-state index is 0.621. The van der Waals surface area contributed by atoms with Crippen LogP contribution in [0.4, 0.5) is 5.82 Å². The number of nitrogens with two attached hydrogens (primary N) is 1. The summed E-state index contributed by atoms with van der Waals surface area (Å²) in [6.45, 7) is 0. The Hall–Kier alpha value is -1.53. The van der Waals surface area contributed by atoms with E-state index in [4.69, 9.17) is 10.2 Å². The molecule has 102 valence electrons. The van der Waals surface area contributed by atoms with Gasteiger partial charge in [-0.2, -0.15) is 5.10 Å². The third-order valence-electron chi connectivity index (χ3n) is 3.10. The minimum absolute atomic E-state index is 0.621. The van der Waals surface area contributed by atoms with E-state index in [0.29, 0.717) is 10.5 Å². The molecule has 6 heteroatoms. The van der Waals surface area contributed by atoms with Gasteiger partial charge in [0.2, 0.25) is 0 Å². The van der Waals surface area contributed by atoms with E-state index in [0.717, 1.165) is 26.9 Å². The molecule has 0 aliphatic carbocycles. The van der Waals surface area contributed by atoms with E-state index in [1.807, 2.05) is 37.4 Å². The minimum Gasteiger partial charge on any atom is -0.457 e. The van der Waals surface area contributed by atoms with Gasteiger partial charge in [0.25, 0.3) is 0 Å². The Morgan fingerprint density at radius 3 is 2.45 bits per heavy atom. The van der Waals surface area contributed by atoms with Crippen LogP contribution in [0.5, 0.6) is 0 Å². The summed E-state index contributed by atoms with van der Waals surface area (Å²) in [5, 5.41) is 4.50. The summed E-state index contributed by atoms with van der Waals surface area (Å²) in [5.74, 6) is 0.621. The van der Waals surface area contributed by atoms with Crippen molar-refractivity contribution in [3.05, 3.63) is 45.7 Å². The summed E-state index contributed by atoms with van der Waals surface area (Å²) in [6.07, 6.45) is 1.62. The first-order valence-electron chi connectivity index (χ1n) is 5.89. The lowest BCUT2D eigenvalue weighted by atomic mass is 10.0. The second-order valence-electron chi connectivity index (χ2n) is 4.35. The van der Waals surface area contributed by atoms with Gasteiger partial charge in [-0.1, -0.05) is 28.1 Å². The number of furan rings is 1. The smallest absolute Gasteiger partial charge is 0.178 e.